The average molecular weight is 186 g/mol. The smallest absolute Gasteiger partial charge is 0.128 e. The molecule has 1 N–H and O–H groups in total. The van der Waals surface area contributed by atoms with Crippen LogP contribution >= 0.6 is 0 Å². The van der Waals surface area contributed by atoms with Crippen LogP contribution < -0.4 is 0 Å². The molecule has 1 nitrogen and oxygen atoms in total. The van der Waals surface area contributed by atoms with Crippen molar-refractivity contribution >= 4 is 0 Å². The molecule has 1 saturated carbocycles. The molecule has 0 bridgehead atoms. The summed E-state index contributed by atoms with van der Waals surface area (Å²) in [5.41, 5.74) is 0.246. The van der Waals surface area contributed by atoms with Crippen molar-refractivity contribution in [3.05, 3.63) is 35.9 Å². The molecule has 2 atom stereocenters. The summed E-state index contributed by atoms with van der Waals surface area (Å²) < 4.78 is 0. The third-order valence-electron chi connectivity index (χ3n) is 2.97. The van der Waals surface area contributed by atoms with Crippen molar-refractivity contribution in [2.75, 3.05) is 0 Å². The van der Waals surface area contributed by atoms with E-state index in [1.54, 1.807) is 0 Å². The van der Waals surface area contributed by atoms with Gasteiger partial charge < -0.3 is 5.11 Å². The number of hydrogen-bond acceptors (Lipinski definition) is 1. The normalized spacial score (nSPS) is 30.0. The monoisotopic (exact) mass is 186 g/mol. The first-order valence-electron chi connectivity index (χ1n) is 5.01. The van der Waals surface area contributed by atoms with Gasteiger partial charge in [0.1, 0.15) is 5.60 Å². The van der Waals surface area contributed by atoms with Gasteiger partial charge in [-0.05, 0) is 30.9 Å². The maximum Gasteiger partial charge on any atom is 0.128 e. The van der Waals surface area contributed by atoms with Crippen LogP contribution in [0.4, 0.5) is 0 Å². The molecule has 0 heterocycles. The molecule has 2 rings (SSSR count). The van der Waals surface area contributed by atoms with Crippen molar-refractivity contribution in [2.24, 2.45) is 5.92 Å². The van der Waals surface area contributed by atoms with E-state index in [1.807, 2.05) is 37.3 Å². The summed E-state index contributed by atoms with van der Waals surface area (Å²) in [6.07, 6.45) is 1.90. The Morgan fingerprint density at radius 3 is 2.57 bits per heavy atom. The molecule has 0 saturated heterocycles. The van der Waals surface area contributed by atoms with Gasteiger partial charge in [-0.3, -0.25) is 0 Å². The van der Waals surface area contributed by atoms with Gasteiger partial charge in [0.15, 0.2) is 0 Å². The lowest BCUT2D eigenvalue weighted by Gasteiger charge is -2.39. The van der Waals surface area contributed by atoms with E-state index in [2.05, 4.69) is 11.8 Å². The quantitative estimate of drug-likeness (QED) is 0.616. The van der Waals surface area contributed by atoms with E-state index in [-0.39, 0.29) is 0 Å². The van der Waals surface area contributed by atoms with Crippen molar-refractivity contribution in [3.8, 4) is 11.8 Å². The van der Waals surface area contributed by atoms with Crippen LogP contribution in [-0.4, -0.2) is 10.7 Å². The van der Waals surface area contributed by atoms with E-state index in [9.17, 15) is 5.11 Å². The van der Waals surface area contributed by atoms with E-state index in [0.29, 0.717) is 5.92 Å². The van der Waals surface area contributed by atoms with Crippen molar-refractivity contribution in [3.63, 3.8) is 0 Å². The van der Waals surface area contributed by atoms with Crippen molar-refractivity contribution in [1.29, 1.82) is 0 Å². The second-order valence-electron chi connectivity index (χ2n) is 3.98. The zero-order valence-corrected chi connectivity index (χ0v) is 8.33. The highest BCUT2D eigenvalue weighted by molar-refractivity contribution is 5.37. The summed E-state index contributed by atoms with van der Waals surface area (Å²) in [6, 6.07) is 9.79. The third-order valence-corrected chi connectivity index (χ3v) is 2.97. The predicted molar refractivity (Wildman–Crippen MR) is 56.7 cm³/mol. The largest absolute Gasteiger partial charge is 0.377 e. The Hall–Kier alpha value is -1.26. The summed E-state index contributed by atoms with van der Waals surface area (Å²) in [4.78, 5) is 0. The van der Waals surface area contributed by atoms with Crippen molar-refractivity contribution in [1.82, 2.24) is 0 Å². The minimum Gasteiger partial charge on any atom is -0.377 e. The van der Waals surface area contributed by atoms with Crippen LogP contribution in [0, 0.1) is 17.8 Å². The maximum atomic E-state index is 9.97. The van der Waals surface area contributed by atoms with Crippen LogP contribution in [-0.2, 0) is 0 Å². The Bertz CT molecular complexity index is 371. The summed E-state index contributed by atoms with van der Waals surface area (Å²) in [6.45, 7) is 2.04. The fraction of sp³-hybridized carbons (Fsp3) is 0.385. The molecule has 0 radical (unpaired) electrons. The molecule has 0 aromatic heterocycles. The van der Waals surface area contributed by atoms with Gasteiger partial charge in [0.2, 0.25) is 0 Å². The van der Waals surface area contributed by atoms with Gasteiger partial charge in [0, 0.05) is 5.56 Å². The number of hydrogen-bond donors (Lipinski definition) is 1. The van der Waals surface area contributed by atoms with Crippen LogP contribution in [0.5, 0.6) is 0 Å². The molecule has 0 unspecified atom stereocenters. The van der Waals surface area contributed by atoms with Crippen molar-refractivity contribution in [2.45, 2.75) is 25.4 Å². The van der Waals surface area contributed by atoms with Crippen LogP contribution in [0.2, 0.25) is 0 Å². The third kappa shape index (κ3) is 1.66. The second kappa shape index (κ2) is 3.48. The lowest BCUT2D eigenvalue weighted by atomic mass is 9.71. The fourth-order valence-electron chi connectivity index (χ4n) is 1.59. The SMILES string of the molecule is C[C@H]1CC[C@]1(O)C#Cc1ccccc1. The number of aliphatic hydroxyl groups is 1. The van der Waals surface area contributed by atoms with Gasteiger partial charge in [0.05, 0.1) is 0 Å². The zero-order valence-electron chi connectivity index (χ0n) is 8.33. The molecular weight excluding hydrogens is 172 g/mol. The topological polar surface area (TPSA) is 20.2 Å². The fourth-order valence-corrected chi connectivity index (χ4v) is 1.59. The molecule has 0 aliphatic heterocycles. The molecule has 1 aliphatic carbocycles. The maximum absolute atomic E-state index is 9.97. The van der Waals surface area contributed by atoms with Gasteiger partial charge in [-0.1, -0.05) is 37.0 Å². The Labute approximate surface area is 84.8 Å². The Morgan fingerprint density at radius 2 is 2.07 bits per heavy atom. The zero-order chi connectivity index (χ0) is 10.0. The van der Waals surface area contributed by atoms with E-state index in [1.165, 1.54) is 0 Å². The molecule has 1 aliphatic rings. The lowest BCUT2D eigenvalue weighted by molar-refractivity contribution is -0.0331. The number of benzene rings is 1. The number of rotatable bonds is 0. The standard InChI is InChI=1S/C13H14O/c1-11-7-9-13(11,14)10-8-12-5-3-2-4-6-12/h2-6,11,14H,7,9H2,1H3/t11-,13-/m0/s1. The molecule has 0 amide bonds. The average Bonchev–Trinajstić information content (AvgIpc) is 2.25. The first-order chi connectivity index (χ1) is 6.71. The van der Waals surface area contributed by atoms with Crippen LogP contribution in [0.1, 0.15) is 25.3 Å². The van der Waals surface area contributed by atoms with Gasteiger partial charge in [-0.15, -0.1) is 0 Å². The van der Waals surface area contributed by atoms with Crippen LogP contribution in [0.25, 0.3) is 0 Å². The minimum absolute atomic E-state index is 0.318. The second-order valence-corrected chi connectivity index (χ2v) is 3.98. The Balaban J connectivity index is 2.15. The molecule has 0 spiro atoms. The van der Waals surface area contributed by atoms with E-state index in [4.69, 9.17) is 0 Å². The van der Waals surface area contributed by atoms with Crippen LogP contribution in [0.3, 0.4) is 0 Å². The van der Waals surface area contributed by atoms with E-state index >= 15 is 0 Å². The summed E-state index contributed by atoms with van der Waals surface area (Å²) in [5.74, 6) is 6.30. The lowest BCUT2D eigenvalue weighted by Crippen LogP contribution is -2.44. The first kappa shape index (κ1) is 9.30. The highest BCUT2D eigenvalue weighted by atomic mass is 16.3. The van der Waals surface area contributed by atoms with Gasteiger partial charge in [-0.2, -0.15) is 0 Å². The Morgan fingerprint density at radius 1 is 1.36 bits per heavy atom. The minimum atomic E-state index is -0.726. The van der Waals surface area contributed by atoms with Gasteiger partial charge in [0.25, 0.3) is 0 Å². The highest BCUT2D eigenvalue weighted by Crippen LogP contribution is 2.37. The molecule has 72 valence electrons. The summed E-state index contributed by atoms with van der Waals surface area (Å²) in [5, 5.41) is 9.97. The van der Waals surface area contributed by atoms with Crippen LogP contribution in [0.15, 0.2) is 30.3 Å². The molecule has 1 aromatic carbocycles. The molecular formula is C13H14O. The predicted octanol–water partition coefficient (Wildman–Crippen LogP) is 2.20. The molecule has 14 heavy (non-hydrogen) atoms. The van der Waals surface area contributed by atoms with E-state index in [0.717, 1.165) is 18.4 Å². The molecule has 1 heteroatoms. The van der Waals surface area contributed by atoms with Gasteiger partial charge >= 0.3 is 0 Å². The van der Waals surface area contributed by atoms with Gasteiger partial charge in [-0.25, -0.2) is 0 Å². The summed E-state index contributed by atoms with van der Waals surface area (Å²) in [7, 11) is 0. The Kier molecular flexibility index (Phi) is 2.31. The first-order valence-corrected chi connectivity index (χ1v) is 5.01. The molecule has 1 fully saturated rings. The highest BCUT2D eigenvalue weighted by Gasteiger charge is 2.40. The molecule has 1 aromatic rings. The van der Waals surface area contributed by atoms with E-state index < -0.39 is 5.60 Å². The summed E-state index contributed by atoms with van der Waals surface area (Å²) >= 11 is 0. The van der Waals surface area contributed by atoms with Crippen molar-refractivity contribution < 1.29 is 5.11 Å².